The fourth-order valence-electron chi connectivity index (χ4n) is 2.35. The molecule has 27 heavy (non-hydrogen) atoms. The molecule has 1 saturated heterocycles. The van der Waals surface area contributed by atoms with Crippen LogP contribution in [0.2, 0.25) is 0 Å². The van der Waals surface area contributed by atoms with E-state index in [-0.39, 0.29) is 0 Å². The Balaban J connectivity index is 0.000000377. The third kappa shape index (κ3) is 9.04. The van der Waals surface area contributed by atoms with Crippen molar-refractivity contribution in [3.05, 3.63) is 66.3 Å². The van der Waals surface area contributed by atoms with Gasteiger partial charge in [0.15, 0.2) is 0 Å². The summed E-state index contributed by atoms with van der Waals surface area (Å²) in [6.45, 7) is 14.9. The monoisotopic (exact) mass is 382 g/mol. The summed E-state index contributed by atoms with van der Waals surface area (Å²) in [4.78, 5) is 2.39. The van der Waals surface area contributed by atoms with Gasteiger partial charge in [-0.2, -0.15) is 13.2 Å². The number of ether oxygens (including phenoxy) is 1. The Morgan fingerprint density at radius 1 is 1.15 bits per heavy atom. The van der Waals surface area contributed by atoms with Gasteiger partial charge in [0.1, 0.15) is 0 Å². The highest BCUT2D eigenvalue weighted by molar-refractivity contribution is 5.72. The average Bonchev–Trinajstić information content (AvgIpc) is 2.67. The number of nitrogens with zero attached hydrogens (tertiary/aromatic N) is 1. The molecule has 1 aliphatic heterocycles. The molecule has 2 rings (SSSR count). The smallest absolute Gasteiger partial charge is 0.379 e. The summed E-state index contributed by atoms with van der Waals surface area (Å²) in [6, 6.07) is 7.47. The first-order valence-corrected chi connectivity index (χ1v) is 8.95. The summed E-state index contributed by atoms with van der Waals surface area (Å²) in [5.41, 5.74) is 1.51. The van der Waals surface area contributed by atoms with Crippen molar-refractivity contribution < 1.29 is 17.9 Å². The Morgan fingerprint density at radius 3 is 2.19 bits per heavy atom. The lowest BCUT2D eigenvalue weighted by atomic mass is 10.0. The van der Waals surface area contributed by atoms with Crippen molar-refractivity contribution >= 4 is 5.57 Å². The minimum atomic E-state index is -4.40. The van der Waals surface area contributed by atoms with Gasteiger partial charge in [-0.3, -0.25) is 4.90 Å². The minimum absolute atomic E-state index is 0.515. The molecule has 150 valence electrons. The molecule has 0 saturated carbocycles. The van der Waals surface area contributed by atoms with Gasteiger partial charge in [-0.1, -0.05) is 56.5 Å². The highest BCUT2D eigenvalue weighted by atomic mass is 19.4. The molecule has 0 aromatic heterocycles. The maximum Gasteiger partial charge on any atom is 0.415 e. The van der Waals surface area contributed by atoms with Crippen molar-refractivity contribution in [2.45, 2.75) is 19.6 Å². The van der Waals surface area contributed by atoms with E-state index in [0.29, 0.717) is 5.57 Å². The number of hydrogen-bond acceptors (Lipinski definition) is 3. The first-order valence-electron chi connectivity index (χ1n) is 8.95. The van der Waals surface area contributed by atoms with Crippen LogP contribution in [0, 0.1) is 0 Å². The first-order chi connectivity index (χ1) is 12.8. The number of halogens is 3. The lowest BCUT2D eigenvalue weighted by Gasteiger charge is -2.24. The van der Waals surface area contributed by atoms with Crippen LogP contribution in [-0.2, 0) is 11.3 Å². The molecule has 0 bridgehead atoms. The number of rotatable bonds is 6. The third-order valence-corrected chi connectivity index (χ3v) is 4.11. The number of likely N-dealkylation sites (N-methyl/N-ethyl adjacent to an activating group) is 1. The van der Waals surface area contributed by atoms with E-state index < -0.39 is 11.7 Å². The van der Waals surface area contributed by atoms with Gasteiger partial charge in [-0.05, 0) is 30.3 Å². The van der Waals surface area contributed by atoms with Gasteiger partial charge in [0.05, 0.1) is 13.2 Å². The molecule has 0 spiro atoms. The van der Waals surface area contributed by atoms with E-state index >= 15 is 0 Å². The predicted molar refractivity (Wildman–Crippen MR) is 106 cm³/mol. The molecule has 1 aliphatic rings. The zero-order valence-electron chi connectivity index (χ0n) is 16.1. The minimum Gasteiger partial charge on any atom is -0.379 e. The van der Waals surface area contributed by atoms with E-state index in [1.165, 1.54) is 12.6 Å². The summed E-state index contributed by atoms with van der Waals surface area (Å²) in [5.74, 6) is 0. The molecule has 0 amide bonds. The Kier molecular flexibility index (Phi) is 10.1. The van der Waals surface area contributed by atoms with Crippen molar-refractivity contribution in [2.24, 2.45) is 0 Å². The second-order valence-corrected chi connectivity index (χ2v) is 6.16. The Labute approximate surface area is 160 Å². The summed E-state index contributed by atoms with van der Waals surface area (Å²) in [5, 5.41) is 3.02. The van der Waals surface area contributed by atoms with Crippen LogP contribution in [0.1, 0.15) is 18.1 Å². The molecule has 1 aromatic carbocycles. The highest BCUT2D eigenvalue weighted by Gasteiger charge is 2.29. The first kappa shape index (κ1) is 23.1. The maximum absolute atomic E-state index is 12.3. The zero-order valence-corrected chi connectivity index (χ0v) is 16.1. The van der Waals surface area contributed by atoms with Crippen LogP contribution < -0.4 is 5.32 Å². The molecule has 1 heterocycles. The molecule has 0 radical (unpaired) electrons. The Bertz CT molecular complexity index is 615. The Hall–Kier alpha value is -1.89. The van der Waals surface area contributed by atoms with Gasteiger partial charge in [0, 0.05) is 25.2 Å². The molecule has 1 fully saturated rings. The number of hydrogen-bond donors (Lipinski definition) is 1. The summed E-state index contributed by atoms with van der Waals surface area (Å²) in [7, 11) is 1.85. The molecular weight excluding hydrogens is 353 g/mol. The number of benzene rings is 1. The molecule has 6 heteroatoms. The van der Waals surface area contributed by atoms with Crippen LogP contribution in [0.25, 0.3) is 5.57 Å². The number of allylic oxidation sites excluding steroid dienone is 4. The zero-order chi connectivity index (χ0) is 20.3. The van der Waals surface area contributed by atoms with Crippen molar-refractivity contribution in [1.29, 1.82) is 0 Å². The molecule has 1 aromatic rings. The van der Waals surface area contributed by atoms with E-state index in [1.54, 1.807) is 0 Å². The Morgan fingerprint density at radius 2 is 1.74 bits per heavy atom. The van der Waals surface area contributed by atoms with Crippen molar-refractivity contribution in [3.63, 3.8) is 0 Å². The summed E-state index contributed by atoms with van der Waals surface area (Å²) >= 11 is 0. The summed E-state index contributed by atoms with van der Waals surface area (Å²) in [6.07, 6.45) is -2.14. The van der Waals surface area contributed by atoms with Crippen molar-refractivity contribution in [2.75, 3.05) is 39.9 Å². The molecular formula is C21H29F3N2O. The fraction of sp³-hybridized carbons (Fsp3) is 0.429. The van der Waals surface area contributed by atoms with Crippen LogP contribution in [-0.4, -0.2) is 51.0 Å². The summed E-state index contributed by atoms with van der Waals surface area (Å²) < 4.78 is 41.9. The van der Waals surface area contributed by atoms with Gasteiger partial charge < -0.3 is 10.1 Å². The number of morpholine rings is 1. The van der Waals surface area contributed by atoms with Gasteiger partial charge in [-0.25, -0.2) is 0 Å². The van der Waals surface area contributed by atoms with Gasteiger partial charge in [0.25, 0.3) is 0 Å². The lowest BCUT2D eigenvalue weighted by molar-refractivity contribution is -0.0878. The quantitative estimate of drug-likeness (QED) is 0.737. The number of alkyl halides is 3. The van der Waals surface area contributed by atoms with Gasteiger partial charge in [0.2, 0.25) is 0 Å². The topological polar surface area (TPSA) is 24.5 Å². The van der Waals surface area contributed by atoms with E-state index in [9.17, 15) is 13.2 Å². The standard InChI is InChI=1S/C15H16F3N.C6H13NO/c1-11(4-5-12(2)15(16,17)18)14-8-6-13(7-9-14)10-19-3;1-2-7-3-5-8-6-4-7/h4-9,19H,1-2,10H2,3H3;2-6H2,1H3/b5-4-;. The normalized spacial score (nSPS) is 15.3. The van der Waals surface area contributed by atoms with E-state index in [4.69, 9.17) is 4.74 Å². The molecule has 3 nitrogen and oxygen atoms in total. The molecule has 0 atom stereocenters. The van der Waals surface area contributed by atoms with E-state index in [1.807, 2.05) is 31.3 Å². The third-order valence-electron chi connectivity index (χ3n) is 4.11. The molecule has 1 N–H and O–H groups in total. The van der Waals surface area contributed by atoms with Crippen LogP contribution in [0.4, 0.5) is 13.2 Å². The van der Waals surface area contributed by atoms with Crippen LogP contribution in [0.5, 0.6) is 0 Å². The second kappa shape index (κ2) is 11.7. The molecule has 0 aliphatic carbocycles. The van der Waals surface area contributed by atoms with E-state index in [2.05, 4.69) is 30.3 Å². The van der Waals surface area contributed by atoms with Gasteiger partial charge in [-0.15, -0.1) is 0 Å². The lowest BCUT2D eigenvalue weighted by Crippen LogP contribution is -2.35. The SMILES string of the molecule is C=C(/C=C\C(=C)C(F)(F)F)c1ccc(CNC)cc1.CCN1CCOCC1. The van der Waals surface area contributed by atoms with Gasteiger partial charge >= 0.3 is 6.18 Å². The highest BCUT2D eigenvalue weighted by Crippen LogP contribution is 2.26. The largest absolute Gasteiger partial charge is 0.415 e. The number of nitrogens with one attached hydrogen (secondary N) is 1. The van der Waals surface area contributed by atoms with Crippen LogP contribution in [0.15, 0.2) is 55.1 Å². The van der Waals surface area contributed by atoms with Crippen molar-refractivity contribution in [3.8, 4) is 0 Å². The predicted octanol–water partition coefficient (Wildman–Crippen LogP) is 4.43. The van der Waals surface area contributed by atoms with Crippen LogP contribution in [0.3, 0.4) is 0 Å². The maximum atomic E-state index is 12.3. The van der Waals surface area contributed by atoms with Crippen LogP contribution >= 0.6 is 0 Å². The average molecular weight is 382 g/mol. The molecule has 0 unspecified atom stereocenters. The fourth-order valence-corrected chi connectivity index (χ4v) is 2.35. The van der Waals surface area contributed by atoms with E-state index in [0.717, 1.165) is 50.1 Å². The second-order valence-electron chi connectivity index (χ2n) is 6.16. The van der Waals surface area contributed by atoms with Crippen molar-refractivity contribution in [1.82, 2.24) is 10.2 Å².